The molecule has 1 aromatic heterocycles. The van der Waals surface area contributed by atoms with E-state index in [1.54, 1.807) is 11.7 Å². The van der Waals surface area contributed by atoms with Gasteiger partial charge in [0.05, 0.1) is 24.3 Å². The number of hydrogen-bond acceptors (Lipinski definition) is 5. The maximum Gasteiger partial charge on any atom is 0.269 e. The summed E-state index contributed by atoms with van der Waals surface area (Å²) in [5, 5.41) is 0. The molecule has 2 aromatic rings. The van der Waals surface area contributed by atoms with Crippen molar-refractivity contribution in [3.05, 3.63) is 34.7 Å². The van der Waals surface area contributed by atoms with Crippen LogP contribution < -0.4 is 10.3 Å². The molecule has 1 aromatic carbocycles. The van der Waals surface area contributed by atoms with E-state index >= 15 is 0 Å². The lowest BCUT2D eigenvalue weighted by Gasteiger charge is -2.32. The highest BCUT2D eigenvalue weighted by Crippen LogP contribution is 2.18. The molecular formula is C17H21N3O3. The molecule has 0 radical (unpaired) electrons. The molecule has 0 amide bonds. The van der Waals surface area contributed by atoms with E-state index in [1.165, 1.54) is 6.20 Å². The van der Waals surface area contributed by atoms with E-state index in [9.17, 15) is 9.59 Å². The van der Waals surface area contributed by atoms with Gasteiger partial charge in [-0.3, -0.25) is 14.5 Å². The van der Waals surface area contributed by atoms with Crippen LogP contribution in [0.2, 0.25) is 0 Å². The average molecular weight is 315 g/mol. The average Bonchev–Trinajstić information content (AvgIpc) is 2.55. The van der Waals surface area contributed by atoms with Gasteiger partial charge in [-0.25, -0.2) is 4.98 Å². The fraction of sp³-hybridized carbons (Fsp3) is 0.471. The lowest BCUT2D eigenvalue weighted by atomic mass is 10.0. The van der Waals surface area contributed by atoms with Crippen molar-refractivity contribution in [1.29, 1.82) is 0 Å². The number of nitrogens with zero attached hydrogens (tertiary/aromatic N) is 3. The van der Waals surface area contributed by atoms with Crippen LogP contribution in [0, 0.1) is 0 Å². The Morgan fingerprint density at radius 3 is 2.87 bits per heavy atom. The molecule has 0 saturated carbocycles. The first-order valence-corrected chi connectivity index (χ1v) is 7.88. The molecule has 0 N–H and O–H groups in total. The number of likely N-dealkylation sites (tertiary alicyclic amines) is 1. The van der Waals surface area contributed by atoms with Gasteiger partial charge >= 0.3 is 0 Å². The number of Topliss-reactive ketones (excluding diaryl/α,β-unsaturated/α-hetero) is 1. The molecule has 1 unspecified atom stereocenters. The van der Waals surface area contributed by atoms with Crippen LogP contribution in [0.1, 0.15) is 19.8 Å². The SMILES string of the molecule is COc1ccc2ncc(=O)n(CCN3CCC(=O)CC3C)c2c1. The van der Waals surface area contributed by atoms with Crippen LogP contribution in [0.4, 0.5) is 0 Å². The molecule has 2 heterocycles. The van der Waals surface area contributed by atoms with Crippen LogP contribution in [0.5, 0.6) is 5.75 Å². The van der Waals surface area contributed by atoms with Gasteiger partial charge in [0, 0.05) is 44.6 Å². The van der Waals surface area contributed by atoms with Gasteiger partial charge in [0.2, 0.25) is 0 Å². The van der Waals surface area contributed by atoms with Gasteiger partial charge < -0.3 is 9.30 Å². The Bertz CT molecular complexity index is 784. The molecule has 0 bridgehead atoms. The highest BCUT2D eigenvalue weighted by Gasteiger charge is 2.23. The van der Waals surface area contributed by atoms with Crippen molar-refractivity contribution in [2.24, 2.45) is 0 Å². The Balaban J connectivity index is 1.86. The monoisotopic (exact) mass is 315 g/mol. The van der Waals surface area contributed by atoms with Crippen molar-refractivity contribution in [3.8, 4) is 5.75 Å². The first-order chi connectivity index (χ1) is 11.1. The lowest BCUT2D eigenvalue weighted by molar-refractivity contribution is -0.122. The quantitative estimate of drug-likeness (QED) is 0.854. The molecular weight excluding hydrogens is 294 g/mol. The molecule has 6 nitrogen and oxygen atoms in total. The highest BCUT2D eigenvalue weighted by molar-refractivity contribution is 5.80. The van der Waals surface area contributed by atoms with Crippen LogP contribution in [-0.2, 0) is 11.3 Å². The highest BCUT2D eigenvalue weighted by atomic mass is 16.5. The van der Waals surface area contributed by atoms with Crippen molar-refractivity contribution in [3.63, 3.8) is 0 Å². The molecule has 1 aliphatic rings. The molecule has 1 saturated heterocycles. The molecule has 0 spiro atoms. The second kappa shape index (κ2) is 6.50. The second-order valence-corrected chi connectivity index (χ2v) is 5.98. The van der Waals surface area contributed by atoms with Crippen molar-refractivity contribution in [2.75, 3.05) is 20.2 Å². The van der Waals surface area contributed by atoms with Crippen molar-refractivity contribution < 1.29 is 9.53 Å². The predicted octanol–water partition coefficient (Wildman–Crippen LogP) is 1.46. The Labute approximate surface area is 134 Å². The molecule has 1 atom stereocenters. The molecule has 1 fully saturated rings. The third kappa shape index (κ3) is 3.27. The maximum atomic E-state index is 12.2. The number of methoxy groups -OCH3 is 1. The zero-order valence-corrected chi connectivity index (χ0v) is 13.5. The van der Waals surface area contributed by atoms with E-state index in [2.05, 4.69) is 16.8 Å². The van der Waals surface area contributed by atoms with Crippen LogP contribution in [0.25, 0.3) is 11.0 Å². The number of carbonyl (C=O) groups excluding carboxylic acids is 1. The molecule has 122 valence electrons. The molecule has 6 heteroatoms. The maximum absolute atomic E-state index is 12.2. The molecule has 1 aliphatic heterocycles. The Kier molecular flexibility index (Phi) is 4.43. The first kappa shape index (κ1) is 15.7. The zero-order valence-electron chi connectivity index (χ0n) is 13.5. The number of rotatable bonds is 4. The minimum atomic E-state index is -0.119. The summed E-state index contributed by atoms with van der Waals surface area (Å²) in [4.78, 5) is 30.2. The van der Waals surface area contributed by atoms with Gasteiger partial charge in [-0.1, -0.05) is 0 Å². The van der Waals surface area contributed by atoms with E-state index in [1.807, 2.05) is 18.2 Å². The minimum Gasteiger partial charge on any atom is -0.497 e. The number of benzene rings is 1. The summed E-state index contributed by atoms with van der Waals surface area (Å²) in [6.07, 6.45) is 2.56. The Morgan fingerprint density at radius 1 is 1.30 bits per heavy atom. The minimum absolute atomic E-state index is 0.119. The third-order valence-electron chi connectivity index (χ3n) is 4.49. The summed E-state index contributed by atoms with van der Waals surface area (Å²) < 4.78 is 6.98. The van der Waals surface area contributed by atoms with E-state index < -0.39 is 0 Å². The summed E-state index contributed by atoms with van der Waals surface area (Å²) in [6, 6.07) is 5.76. The third-order valence-corrected chi connectivity index (χ3v) is 4.49. The number of ketones is 1. The summed E-state index contributed by atoms with van der Waals surface area (Å²) in [7, 11) is 1.60. The predicted molar refractivity (Wildman–Crippen MR) is 87.8 cm³/mol. The Morgan fingerprint density at radius 2 is 2.13 bits per heavy atom. The van der Waals surface area contributed by atoms with Gasteiger partial charge in [0.25, 0.3) is 5.56 Å². The van der Waals surface area contributed by atoms with Crippen LogP contribution >= 0.6 is 0 Å². The van der Waals surface area contributed by atoms with Crippen LogP contribution in [0.15, 0.2) is 29.2 Å². The summed E-state index contributed by atoms with van der Waals surface area (Å²) in [6.45, 7) is 4.14. The van der Waals surface area contributed by atoms with Crippen molar-refractivity contribution in [1.82, 2.24) is 14.5 Å². The van der Waals surface area contributed by atoms with Crippen molar-refractivity contribution >= 4 is 16.8 Å². The second-order valence-electron chi connectivity index (χ2n) is 5.98. The van der Waals surface area contributed by atoms with Crippen LogP contribution in [0.3, 0.4) is 0 Å². The molecule has 23 heavy (non-hydrogen) atoms. The summed E-state index contributed by atoms with van der Waals surface area (Å²) in [5.74, 6) is 1.03. The number of aromatic nitrogens is 2. The van der Waals surface area contributed by atoms with E-state index in [0.29, 0.717) is 30.9 Å². The standard InChI is InChI=1S/C17H21N3O3/c1-12-9-13(21)5-6-19(12)7-8-20-16-10-14(23-2)3-4-15(16)18-11-17(20)22/h3-4,10-12H,5-9H2,1-2H3. The first-order valence-electron chi connectivity index (χ1n) is 7.88. The van der Waals surface area contributed by atoms with E-state index in [0.717, 1.165) is 24.1 Å². The zero-order chi connectivity index (χ0) is 16.4. The number of carbonyl (C=O) groups is 1. The summed E-state index contributed by atoms with van der Waals surface area (Å²) >= 11 is 0. The largest absolute Gasteiger partial charge is 0.497 e. The van der Waals surface area contributed by atoms with Crippen LogP contribution in [-0.4, -0.2) is 46.5 Å². The van der Waals surface area contributed by atoms with Gasteiger partial charge in [0.15, 0.2) is 0 Å². The fourth-order valence-electron chi connectivity index (χ4n) is 3.11. The van der Waals surface area contributed by atoms with E-state index in [-0.39, 0.29) is 11.6 Å². The number of ether oxygens (including phenoxy) is 1. The summed E-state index contributed by atoms with van der Waals surface area (Å²) in [5.41, 5.74) is 1.43. The van der Waals surface area contributed by atoms with E-state index in [4.69, 9.17) is 4.74 Å². The number of piperidine rings is 1. The van der Waals surface area contributed by atoms with Gasteiger partial charge in [0.1, 0.15) is 11.5 Å². The van der Waals surface area contributed by atoms with Gasteiger partial charge in [-0.05, 0) is 19.1 Å². The smallest absolute Gasteiger partial charge is 0.269 e. The van der Waals surface area contributed by atoms with Gasteiger partial charge in [-0.15, -0.1) is 0 Å². The molecule has 0 aliphatic carbocycles. The number of hydrogen-bond donors (Lipinski definition) is 0. The Hall–Kier alpha value is -2.21. The fourth-order valence-corrected chi connectivity index (χ4v) is 3.11. The van der Waals surface area contributed by atoms with Gasteiger partial charge in [-0.2, -0.15) is 0 Å². The van der Waals surface area contributed by atoms with Crippen molar-refractivity contribution in [2.45, 2.75) is 32.4 Å². The number of fused-ring (bicyclic) bond motifs is 1. The topological polar surface area (TPSA) is 64.4 Å². The lowest BCUT2D eigenvalue weighted by Crippen LogP contribution is -2.43. The molecule has 3 rings (SSSR count). The normalized spacial score (nSPS) is 19.2.